The van der Waals surface area contributed by atoms with Gasteiger partial charge in [-0.1, -0.05) is 6.07 Å². The van der Waals surface area contributed by atoms with Crippen molar-refractivity contribution < 1.29 is 33.0 Å². The highest BCUT2D eigenvalue weighted by atomic mass is 19.3. The van der Waals surface area contributed by atoms with Gasteiger partial charge in [0.1, 0.15) is 11.4 Å². The number of aliphatic carboxylic acids is 1. The van der Waals surface area contributed by atoms with Gasteiger partial charge in [-0.05, 0) is 26.8 Å². The van der Waals surface area contributed by atoms with Crippen LogP contribution in [0.25, 0.3) is 0 Å². The number of carboxylic acid groups (broad SMARTS) is 1. The van der Waals surface area contributed by atoms with E-state index in [1.165, 1.54) is 25.3 Å². The van der Waals surface area contributed by atoms with E-state index in [1.807, 2.05) is 0 Å². The van der Waals surface area contributed by atoms with Crippen molar-refractivity contribution in [2.75, 3.05) is 12.4 Å². The van der Waals surface area contributed by atoms with Crippen molar-refractivity contribution in [1.82, 2.24) is 0 Å². The van der Waals surface area contributed by atoms with Crippen LogP contribution in [0.5, 0.6) is 5.75 Å². The highest BCUT2D eigenvalue weighted by Crippen LogP contribution is 2.29. The van der Waals surface area contributed by atoms with Crippen molar-refractivity contribution in [3.63, 3.8) is 0 Å². The molecule has 1 amide bonds. The lowest BCUT2D eigenvalue weighted by Crippen LogP contribution is -2.30. The molecule has 2 N–H and O–H groups in total. The number of benzene rings is 1. The van der Waals surface area contributed by atoms with Crippen LogP contribution in [0.15, 0.2) is 18.2 Å². The Morgan fingerprint density at radius 3 is 2.35 bits per heavy atom. The van der Waals surface area contributed by atoms with Gasteiger partial charge < -0.3 is 14.6 Å². The van der Waals surface area contributed by atoms with E-state index in [0.29, 0.717) is 0 Å². The van der Waals surface area contributed by atoms with Crippen molar-refractivity contribution in [1.29, 1.82) is 0 Å². The van der Waals surface area contributed by atoms with Crippen LogP contribution in [-0.2, 0) is 16.0 Å². The second-order valence-electron chi connectivity index (χ2n) is 5.84. The number of hydrogen-bond acceptors (Lipinski definition) is 4. The molecule has 0 saturated carbocycles. The first-order chi connectivity index (χ1) is 10.4. The van der Waals surface area contributed by atoms with E-state index in [4.69, 9.17) is 14.6 Å². The van der Waals surface area contributed by atoms with Gasteiger partial charge in [0.25, 0.3) is 0 Å². The van der Waals surface area contributed by atoms with E-state index in [2.05, 4.69) is 5.32 Å². The first-order valence-corrected chi connectivity index (χ1v) is 6.73. The predicted molar refractivity (Wildman–Crippen MR) is 79.1 cm³/mol. The van der Waals surface area contributed by atoms with Crippen LogP contribution in [0.3, 0.4) is 0 Å². The largest absolute Gasteiger partial charge is 0.496 e. The molecule has 8 heteroatoms. The number of nitrogens with one attached hydrogen (secondary N) is 1. The summed E-state index contributed by atoms with van der Waals surface area (Å²) in [6, 6.07) is 3.94. The third-order valence-corrected chi connectivity index (χ3v) is 2.66. The zero-order chi connectivity index (χ0) is 17.8. The van der Waals surface area contributed by atoms with E-state index >= 15 is 0 Å². The third-order valence-electron chi connectivity index (χ3n) is 2.66. The number of alkyl halides is 2. The number of anilines is 1. The molecule has 6 nitrogen and oxygen atoms in total. The molecule has 0 atom stereocenters. The average Bonchev–Trinajstić information content (AvgIpc) is 2.37. The minimum absolute atomic E-state index is 0.00892. The molecule has 0 bridgehead atoms. The maximum absolute atomic E-state index is 13.3. The fourth-order valence-corrected chi connectivity index (χ4v) is 1.70. The van der Waals surface area contributed by atoms with Crippen LogP contribution in [0, 0.1) is 0 Å². The van der Waals surface area contributed by atoms with E-state index in [9.17, 15) is 18.4 Å². The smallest absolute Gasteiger partial charge is 0.412 e. The van der Waals surface area contributed by atoms with Crippen LogP contribution in [0.1, 0.15) is 26.3 Å². The Balaban J connectivity index is 2.92. The highest BCUT2D eigenvalue weighted by molar-refractivity contribution is 5.85. The van der Waals surface area contributed by atoms with Crippen LogP contribution in [0.4, 0.5) is 19.3 Å². The van der Waals surface area contributed by atoms with E-state index < -0.39 is 30.0 Å². The van der Waals surface area contributed by atoms with Gasteiger partial charge in [0.2, 0.25) is 0 Å². The van der Waals surface area contributed by atoms with Crippen LogP contribution in [0.2, 0.25) is 0 Å². The molecule has 0 spiro atoms. The van der Waals surface area contributed by atoms with Gasteiger partial charge >= 0.3 is 18.0 Å². The van der Waals surface area contributed by atoms with Crippen molar-refractivity contribution in [2.45, 2.75) is 38.7 Å². The number of methoxy groups -OCH3 is 1. The molecule has 0 heterocycles. The Hall–Kier alpha value is -2.38. The molecular formula is C15H19F2NO5. The SMILES string of the molecule is COc1cc(NC(=O)OC(C)(C)C)ccc1CC(F)(F)C(=O)O. The second-order valence-corrected chi connectivity index (χ2v) is 5.84. The Morgan fingerprint density at radius 1 is 1.26 bits per heavy atom. The summed E-state index contributed by atoms with van der Waals surface area (Å²) < 4.78 is 36.6. The number of hydrogen-bond donors (Lipinski definition) is 2. The van der Waals surface area contributed by atoms with Crippen LogP contribution < -0.4 is 10.1 Å². The molecule has 0 aliphatic heterocycles. The first-order valence-electron chi connectivity index (χ1n) is 6.73. The number of amides is 1. The lowest BCUT2D eigenvalue weighted by molar-refractivity contribution is -0.164. The molecule has 23 heavy (non-hydrogen) atoms. The summed E-state index contributed by atoms with van der Waals surface area (Å²) in [5, 5.41) is 10.9. The molecule has 0 saturated heterocycles. The maximum Gasteiger partial charge on any atom is 0.412 e. The van der Waals surface area contributed by atoms with Gasteiger partial charge in [-0.3, -0.25) is 5.32 Å². The van der Waals surface area contributed by atoms with Crippen molar-refractivity contribution >= 4 is 17.7 Å². The predicted octanol–water partition coefficient (Wildman–Crippen LogP) is 3.30. The van der Waals surface area contributed by atoms with Gasteiger partial charge in [0.15, 0.2) is 0 Å². The Bertz CT molecular complexity index is 596. The Kier molecular flexibility index (Phi) is 5.52. The van der Waals surface area contributed by atoms with Crippen molar-refractivity contribution in [3.05, 3.63) is 23.8 Å². The highest BCUT2D eigenvalue weighted by Gasteiger charge is 2.39. The molecule has 1 aromatic carbocycles. The molecule has 1 aromatic rings. The Morgan fingerprint density at radius 2 is 1.87 bits per heavy atom. The van der Waals surface area contributed by atoms with Gasteiger partial charge in [0, 0.05) is 17.3 Å². The summed E-state index contributed by atoms with van der Waals surface area (Å²) in [6.45, 7) is 5.10. The lowest BCUT2D eigenvalue weighted by Gasteiger charge is -2.20. The molecule has 0 unspecified atom stereocenters. The zero-order valence-corrected chi connectivity index (χ0v) is 13.3. The standard InChI is InChI=1S/C15H19F2NO5/c1-14(2,3)23-13(21)18-10-6-5-9(11(7-10)22-4)8-15(16,17)12(19)20/h5-7H,8H2,1-4H3,(H,18,21)(H,19,20). The number of ether oxygens (including phenoxy) is 2. The quantitative estimate of drug-likeness (QED) is 0.865. The van der Waals surface area contributed by atoms with E-state index in [-0.39, 0.29) is 17.0 Å². The molecule has 1 rings (SSSR count). The van der Waals surface area contributed by atoms with Gasteiger partial charge in [-0.15, -0.1) is 0 Å². The summed E-state index contributed by atoms with van der Waals surface area (Å²) in [5.41, 5.74) is -0.398. The minimum Gasteiger partial charge on any atom is -0.496 e. The molecule has 0 aliphatic carbocycles. The number of carboxylic acids is 1. The Labute approximate surface area is 132 Å². The monoisotopic (exact) mass is 331 g/mol. The molecule has 0 aliphatic rings. The summed E-state index contributed by atoms with van der Waals surface area (Å²) >= 11 is 0. The number of rotatable bonds is 5. The fourth-order valence-electron chi connectivity index (χ4n) is 1.70. The number of halogens is 2. The molecule has 128 valence electrons. The third kappa shape index (κ3) is 5.72. The summed E-state index contributed by atoms with van der Waals surface area (Å²) in [5.74, 6) is -6.08. The molecule has 0 aromatic heterocycles. The minimum atomic E-state index is -3.91. The van der Waals surface area contributed by atoms with Gasteiger partial charge in [0.05, 0.1) is 13.5 Å². The fraction of sp³-hybridized carbons (Fsp3) is 0.467. The summed E-state index contributed by atoms with van der Waals surface area (Å²) in [7, 11) is 1.26. The molecular weight excluding hydrogens is 312 g/mol. The van der Waals surface area contributed by atoms with Crippen molar-refractivity contribution in [2.24, 2.45) is 0 Å². The second kappa shape index (κ2) is 6.80. The topological polar surface area (TPSA) is 84.9 Å². The lowest BCUT2D eigenvalue weighted by atomic mass is 10.1. The summed E-state index contributed by atoms with van der Waals surface area (Å²) in [4.78, 5) is 22.2. The van der Waals surface area contributed by atoms with Crippen LogP contribution in [-0.4, -0.2) is 35.8 Å². The van der Waals surface area contributed by atoms with Gasteiger partial charge in [-0.2, -0.15) is 8.78 Å². The van der Waals surface area contributed by atoms with E-state index in [1.54, 1.807) is 20.8 Å². The zero-order valence-electron chi connectivity index (χ0n) is 13.3. The maximum atomic E-state index is 13.3. The van der Waals surface area contributed by atoms with Crippen LogP contribution >= 0.6 is 0 Å². The number of carbonyl (C=O) groups is 2. The van der Waals surface area contributed by atoms with E-state index in [0.717, 1.165) is 0 Å². The molecule has 0 radical (unpaired) electrons. The summed E-state index contributed by atoms with van der Waals surface area (Å²) in [6.07, 6.45) is -1.72. The molecule has 0 fully saturated rings. The average molecular weight is 331 g/mol. The first kappa shape index (κ1) is 18.7. The number of carbonyl (C=O) groups excluding carboxylic acids is 1. The van der Waals surface area contributed by atoms with Crippen molar-refractivity contribution in [3.8, 4) is 5.75 Å². The normalized spacial score (nSPS) is 11.7. The van der Waals surface area contributed by atoms with Gasteiger partial charge in [-0.25, -0.2) is 9.59 Å².